The second-order valence-corrected chi connectivity index (χ2v) is 5.65. The molecule has 0 aromatic heterocycles. The van der Waals surface area contributed by atoms with E-state index < -0.39 is 0 Å². The summed E-state index contributed by atoms with van der Waals surface area (Å²) < 4.78 is 11.5. The molecule has 0 saturated carbocycles. The van der Waals surface area contributed by atoms with Crippen LogP contribution in [0.5, 0.6) is 0 Å². The summed E-state index contributed by atoms with van der Waals surface area (Å²) >= 11 is 0. The molecule has 1 fully saturated rings. The average molecular weight is 282 g/mol. The predicted octanol–water partition coefficient (Wildman–Crippen LogP) is 4.40. The molecule has 3 heteroatoms. The van der Waals surface area contributed by atoms with Gasteiger partial charge in [0.2, 0.25) is 0 Å². The summed E-state index contributed by atoms with van der Waals surface area (Å²) in [5, 5.41) is 0. The van der Waals surface area contributed by atoms with Crippen LogP contribution in [0.3, 0.4) is 0 Å². The van der Waals surface area contributed by atoms with Crippen LogP contribution in [-0.2, 0) is 14.3 Å². The molecule has 1 saturated heterocycles. The van der Waals surface area contributed by atoms with Crippen LogP contribution in [0.15, 0.2) is 12.2 Å². The highest BCUT2D eigenvalue weighted by Crippen LogP contribution is 2.18. The molecule has 20 heavy (non-hydrogen) atoms. The summed E-state index contributed by atoms with van der Waals surface area (Å²) in [6, 6.07) is 0. The molecule has 0 N–H and O–H groups in total. The molecule has 1 heterocycles. The zero-order valence-electron chi connectivity index (χ0n) is 12.9. The van der Waals surface area contributed by atoms with Crippen molar-refractivity contribution in [2.45, 2.75) is 83.5 Å². The Morgan fingerprint density at radius 2 is 2.00 bits per heavy atom. The minimum absolute atomic E-state index is 0.0448. The van der Waals surface area contributed by atoms with Crippen LogP contribution in [0.2, 0.25) is 0 Å². The Kier molecular flexibility index (Phi) is 10.5. The second kappa shape index (κ2) is 12.1. The number of hydrogen-bond donors (Lipinski definition) is 0. The van der Waals surface area contributed by atoms with E-state index in [9.17, 15) is 4.79 Å². The van der Waals surface area contributed by atoms with Crippen molar-refractivity contribution in [1.82, 2.24) is 0 Å². The Hall–Kier alpha value is -0.670. The van der Waals surface area contributed by atoms with Gasteiger partial charge in [-0.2, -0.15) is 0 Å². The number of carbonyl (C=O) groups is 1. The number of allylic oxidation sites excluding steroid dienone is 2. The van der Waals surface area contributed by atoms with E-state index in [1.54, 1.807) is 6.08 Å². The van der Waals surface area contributed by atoms with Crippen LogP contribution in [0.1, 0.15) is 71.1 Å². The van der Waals surface area contributed by atoms with Crippen molar-refractivity contribution in [2.75, 3.05) is 6.61 Å². The lowest BCUT2D eigenvalue weighted by Gasteiger charge is -2.26. The highest BCUT2D eigenvalue weighted by Gasteiger charge is 2.16. The zero-order valence-corrected chi connectivity index (χ0v) is 12.9. The first-order valence-corrected chi connectivity index (χ1v) is 8.20. The topological polar surface area (TPSA) is 35.5 Å². The number of ether oxygens (including phenoxy) is 2. The molecule has 2 atom stereocenters. The van der Waals surface area contributed by atoms with E-state index in [1.807, 2.05) is 6.08 Å². The Morgan fingerprint density at radius 3 is 2.75 bits per heavy atom. The van der Waals surface area contributed by atoms with E-state index in [4.69, 9.17) is 9.47 Å². The van der Waals surface area contributed by atoms with Crippen LogP contribution in [0, 0.1) is 0 Å². The minimum Gasteiger partial charge on any atom is -0.353 e. The van der Waals surface area contributed by atoms with Crippen molar-refractivity contribution >= 4 is 6.29 Å². The Bertz CT molecular complexity index is 257. The lowest BCUT2D eigenvalue weighted by atomic mass is 10.1. The molecule has 0 bridgehead atoms. The fraction of sp³-hybridized carbons (Fsp3) is 0.824. The monoisotopic (exact) mass is 282 g/mol. The molecule has 116 valence electrons. The predicted molar refractivity (Wildman–Crippen MR) is 81.7 cm³/mol. The maximum Gasteiger partial charge on any atom is 0.157 e. The highest BCUT2D eigenvalue weighted by atomic mass is 16.7. The van der Waals surface area contributed by atoms with Gasteiger partial charge in [0.25, 0.3) is 0 Å². The van der Waals surface area contributed by atoms with Gasteiger partial charge in [-0.3, -0.25) is 4.79 Å². The first kappa shape index (κ1) is 17.4. The highest BCUT2D eigenvalue weighted by molar-refractivity contribution is 5.64. The number of unbranched alkanes of at least 4 members (excludes halogenated alkanes) is 5. The number of hydrogen-bond acceptors (Lipinski definition) is 3. The molecule has 0 amide bonds. The van der Waals surface area contributed by atoms with E-state index >= 15 is 0 Å². The summed E-state index contributed by atoms with van der Waals surface area (Å²) in [5.41, 5.74) is 0. The van der Waals surface area contributed by atoms with Crippen molar-refractivity contribution in [3.63, 3.8) is 0 Å². The molecule has 0 aromatic carbocycles. The zero-order chi connectivity index (χ0) is 14.5. The molecule has 0 spiro atoms. The molecule has 2 unspecified atom stereocenters. The van der Waals surface area contributed by atoms with Gasteiger partial charge < -0.3 is 9.47 Å². The molecular weight excluding hydrogens is 252 g/mol. The summed E-state index contributed by atoms with van der Waals surface area (Å²) in [4.78, 5) is 10.1. The standard InChI is InChI=1S/C17H30O3/c1-16(20-17-13-9-11-15-19-17)12-8-6-4-2-3-5-7-10-14-18/h7,10,14,16-17H,2-6,8-9,11-13,15H2,1H3/b10-7+. The Balaban J connectivity index is 1.87. The largest absolute Gasteiger partial charge is 0.353 e. The summed E-state index contributed by atoms with van der Waals surface area (Å²) in [6.07, 6.45) is 16.6. The maximum absolute atomic E-state index is 10.1. The van der Waals surface area contributed by atoms with Gasteiger partial charge >= 0.3 is 0 Å². The number of carbonyl (C=O) groups excluding carboxylic acids is 1. The quantitative estimate of drug-likeness (QED) is 0.320. The normalized spacial score (nSPS) is 21.1. The number of rotatable bonds is 11. The molecular formula is C17H30O3. The Morgan fingerprint density at radius 1 is 1.20 bits per heavy atom. The minimum atomic E-state index is 0.0448. The van der Waals surface area contributed by atoms with E-state index in [1.165, 1.54) is 44.9 Å². The summed E-state index contributed by atoms with van der Waals surface area (Å²) in [7, 11) is 0. The van der Waals surface area contributed by atoms with Crippen LogP contribution >= 0.6 is 0 Å². The maximum atomic E-state index is 10.1. The van der Waals surface area contributed by atoms with Crippen LogP contribution < -0.4 is 0 Å². The van der Waals surface area contributed by atoms with Crippen molar-refractivity contribution in [3.05, 3.63) is 12.2 Å². The van der Waals surface area contributed by atoms with Gasteiger partial charge in [0.05, 0.1) is 6.10 Å². The third-order valence-electron chi connectivity index (χ3n) is 3.72. The van der Waals surface area contributed by atoms with Crippen molar-refractivity contribution in [2.24, 2.45) is 0 Å². The van der Waals surface area contributed by atoms with Crippen LogP contribution in [0.25, 0.3) is 0 Å². The molecule has 0 aliphatic carbocycles. The van der Waals surface area contributed by atoms with E-state index in [0.29, 0.717) is 6.10 Å². The summed E-state index contributed by atoms with van der Waals surface area (Å²) in [6.45, 7) is 3.01. The molecule has 3 nitrogen and oxygen atoms in total. The van der Waals surface area contributed by atoms with Crippen molar-refractivity contribution in [3.8, 4) is 0 Å². The van der Waals surface area contributed by atoms with Crippen molar-refractivity contribution in [1.29, 1.82) is 0 Å². The third kappa shape index (κ3) is 9.27. The Labute approximate surface area is 123 Å². The first-order chi connectivity index (χ1) is 9.83. The average Bonchev–Trinajstić information content (AvgIpc) is 2.46. The fourth-order valence-electron chi connectivity index (χ4n) is 2.52. The molecule has 1 rings (SSSR count). The second-order valence-electron chi connectivity index (χ2n) is 5.65. The first-order valence-electron chi connectivity index (χ1n) is 8.20. The molecule has 0 radical (unpaired) electrons. The lowest BCUT2D eigenvalue weighted by molar-refractivity contribution is -0.185. The van der Waals surface area contributed by atoms with Gasteiger partial charge in [0, 0.05) is 6.61 Å². The van der Waals surface area contributed by atoms with Gasteiger partial charge in [0.1, 0.15) is 6.29 Å². The van der Waals surface area contributed by atoms with Gasteiger partial charge in [0.15, 0.2) is 6.29 Å². The van der Waals surface area contributed by atoms with Crippen molar-refractivity contribution < 1.29 is 14.3 Å². The van der Waals surface area contributed by atoms with Gasteiger partial charge in [-0.05, 0) is 51.5 Å². The SMILES string of the molecule is CC(CCCCCCC/C=C/C=O)OC1CCCCO1. The number of aldehydes is 1. The molecule has 0 aromatic rings. The van der Waals surface area contributed by atoms with Gasteiger partial charge in [-0.15, -0.1) is 0 Å². The third-order valence-corrected chi connectivity index (χ3v) is 3.72. The van der Waals surface area contributed by atoms with Gasteiger partial charge in [-0.25, -0.2) is 0 Å². The van der Waals surface area contributed by atoms with Crippen LogP contribution in [0.4, 0.5) is 0 Å². The molecule has 1 aliphatic rings. The van der Waals surface area contributed by atoms with E-state index in [-0.39, 0.29) is 6.29 Å². The fourth-order valence-corrected chi connectivity index (χ4v) is 2.52. The van der Waals surface area contributed by atoms with E-state index in [0.717, 1.165) is 32.2 Å². The van der Waals surface area contributed by atoms with Gasteiger partial charge in [-0.1, -0.05) is 31.8 Å². The molecule has 1 aliphatic heterocycles. The van der Waals surface area contributed by atoms with E-state index in [2.05, 4.69) is 6.92 Å². The van der Waals surface area contributed by atoms with Crippen LogP contribution in [-0.4, -0.2) is 25.3 Å². The smallest absolute Gasteiger partial charge is 0.157 e. The summed E-state index contributed by atoms with van der Waals surface area (Å²) in [5.74, 6) is 0. The lowest BCUT2D eigenvalue weighted by Crippen LogP contribution is -2.26.